The Labute approximate surface area is 260 Å². The Morgan fingerprint density at radius 3 is 2.20 bits per heavy atom. The van der Waals surface area contributed by atoms with Crippen LogP contribution in [0.25, 0.3) is 21.9 Å². The summed E-state index contributed by atoms with van der Waals surface area (Å²) in [7, 11) is 1.30. The number of benzene rings is 4. The number of carbonyl (C=O) groups excluding carboxylic acids is 2. The highest BCUT2D eigenvalue weighted by Crippen LogP contribution is 2.30. The molecule has 4 aromatic carbocycles. The van der Waals surface area contributed by atoms with Gasteiger partial charge < -0.3 is 14.8 Å². The molecule has 1 amide bonds. The number of nitrogens with one attached hydrogen (secondary N) is 1. The Morgan fingerprint density at radius 2 is 1.55 bits per heavy atom. The van der Waals surface area contributed by atoms with Gasteiger partial charge >= 0.3 is 5.97 Å². The summed E-state index contributed by atoms with van der Waals surface area (Å²) in [4.78, 5) is 29.9. The number of amides is 1. The van der Waals surface area contributed by atoms with Crippen LogP contribution in [0, 0.1) is 5.82 Å². The maximum atomic E-state index is 13.6. The maximum absolute atomic E-state index is 13.6. The lowest BCUT2D eigenvalue weighted by Crippen LogP contribution is -2.31. The molecule has 1 heterocycles. The Balaban J connectivity index is 1.32. The van der Waals surface area contributed by atoms with Gasteiger partial charge in [-0.25, -0.2) is 4.39 Å². The lowest BCUT2D eigenvalue weighted by molar-refractivity contribution is -0.141. The number of aromatic nitrogens is 1. The molecule has 0 saturated heterocycles. The number of hydrogen-bond donors (Lipinski definition) is 1. The van der Waals surface area contributed by atoms with Crippen molar-refractivity contribution in [3.63, 3.8) is 0 Å². The summed E-state index contributed by atoms with van der Waals surface area (Å²) in [6.07, 6.45) is 1.55. The van der Waals surface area contributed by atoms with E-state index in [9.17, 15) is 14.0 Å². The van der Waals surface area contributed by atoms with Crippen LogP contribution in [0.2, 0.25) is 5.02 Å². The minimum atomic E-state index is -0.668. The zero-order valence-corrected chi connectivity index (χ0v) is 25.6. The molecule has 5 aromatic rings. The number of esters is 1. The molecule has 44 heavy (non-hydrogen) atoms. The van der Waals surface area contributed by atoms with Crippen molar-refractivity contribution in [3.8, 4) is 22.6 Å². The van der Waals surface area contributed by atoms with E-state index in [0.717, 1.165) is 27.6 Å². The maximum Gasteiger partial charge on any atom is 0.307 e. The van der Waals surface area contributed by atoms with Gasteiger partial charge in [-0.1, -0.05) is 80.9 Å². The van der Waals surface area contributed by atoms with Gasteiger partial charge in [0.1, 0.15) is 23.0 Å². The van der Waals surface area contributed by atoms with E-state index in [4.69, 9.17) is 21.1 Å². The second-order valence-corrected chi connectivity index (χ2v) is 11.9. The fourth-order valence-electron chi connectivity index (χ4n) is 4.78. The molecule has 0 aliphatic carbocycles. The van der Waals surface area contributed by atoms with Crippen molar-refractivity contribution in [1.82, 2.24) is 10.3 Å². The van der Waals surface area contributed by atoms with E-state index in [1.165, 1.54) is 18.7 Å². The number of nitrogens with zero attached hydrogens (tertiary/aromatic N) is 1. The third-order valence-electron chi connectivity index (χ3n) is 7.35. The van der Waals surface area contributed by atoms with Gasteiger partial charge in [-0.2, -0.15) is 0 Å². The van der Waals surface area contributed by atoms with Crippen LogP contribution in [-0.2, 0) is 14.9 Å². The molecule has 224 valence electrons. The van der Waals surface area contributed by atoms with E-state index in [1.807, 2.05) is 42.5 Å². The monoisotopic (exact) mass is 610 g/mol. The van der Waals surface area contributed by atoms with Crippen LogP contribution in [0.5, 0.6) is 11.5 Å². The first-order valence-electron chi connectivity index (χ1n) is 14.1. The SMILES string of the molecule is COC(=O)CC(NC(=O)c1cc2ccc(Oc3ccc(C(C)(C)C)cc3)cc2cn1)c1ccc(-c2ccc(F)c(Cl)c2)cc1. The third kappa shape index (κ3) is 7.24. The summed E-state index contributed by atoms with van der Waals surface area (Å²) in [6.45, 7) is 6.49. The molecule has 0 aliphatic rings. The second-order valence-electron chi connectivity index (χ2n) is 11.5. The molecule has 5 rings (SSSR count). The van der Waals surface area contributed by atoms with Gasteiger partial charge in [-0.15, -0.1) is 0 Å². The zero-order chi connectivity index (χ0) is 31.4. The zero-order valence-electron chi connectivity index (χ0n) is 24.9. The van der Waals surface area contributed by atoms with E-state index in [-0.39, 0.29) is 22.6 Å². The Morgan fingerprint density at radius 1 is 0.864 bits per heavy atom. The largest absolute Gasteiger partial charge is 0.469 e. The highest BCUT2D eigenvalue weighted by atomic mass is 35.5. The molecule has 8 heteroatoms. The number of rotatable bonds is 8. The molecule has 1 N–H and O–H groups in total. The molecule has 1 unspecified atom stereocenters. The smallest absolute Gasteiger partial charge is 0.307 e. The highest BCUT2D eigenvalue weighted by molar-refractivity contribution is 6.31. The first-order valence-corrected chi connectivity index (χ1v) is 14.5. The molecule has 6 nitrogen and oxygen atoms in total. The number of fused-ring (bicyclic) bond motifs is 1. The molecule has 0 fully saturated rings. The summed E-state index contributed by atoms with van der Waals surface area (Å²) < 4.78 is 24.5. The van der Waals surface area contributed by atoms with Gasteiger partial charge in [0, 0.05) is 11.6 Å². The fraction of sp³-hybridized carbons (Fsp3) is 0.194. The van der Waals surface area contributed by atoms with E-state index < -0.39 is 23.7 Å². The summed E-state index contributed by atoms with van der Waals surface area (Å²) in [5, 5.41) is 4.57. The number of ether oxygens (including phenoxy) is 2. The highest BCUT2D eigenvalue weighted by Gasteiger charge is 2.21. The van der Waals surface area contributed by atoms with Crippen molar-refractivity contribution in [3.05, 3.63) is 125 Å². The summed E-state index contributed by atoms with van der Waals surface area (Å²) in [5.41, 5.74) is 3.72. The normalized spacial score (nSPS) is 12.0. The van der Waals surface area contributed by atoms with Crippen LogP contribution in [0.4, 0.5) is 4.39 Å². The van der Waals surface area contributed by atoms with E-state index in [2.05, 4.69) is 43.2 Å². The minimum absolute atomic E-state index is 0.0277. The lowest BCUT2D eigenvalue weighted by Gasteiger charge is -2.19. The van der Waals surface area contributed by atoms with Crippen molar-refractivity contribution in [2.75, 3.05) is 7.11 Å². The van der Waals surface area contributed by atoms with Crippen molar-refractivity contribution in [2.45, 2.75) is 38.6 Å². The standard InChI is InChI=1S/C36H32ClFN2O4/c1-36(2,3)27-11-14-28(15-12-27)44-29-13-9-25-19-33(39-21-26(25)17-29)35(42)40-32(20-34(41)43-4)23-7-5-22(6-8-23)24-10-16-31(38)30(37)18-24/h5-19,21,32H,20H2,1-4H3,(H,40,42). The quantitative estimate of drug-likeness (QED) is 0.178. The Kier molecular flexibility index (Phi) is 8.97. The molecule has 1 atom stereocenters. The van der Waals surface area contributed by atoms with Crippen LogP contribution in [-0.4, -0.2) is 24.0 Å². The van der Waals surface area contributed by atoms with E-state index >= 15 is 0 Å². The number of methoxy groups -OCH3 is 1. The topological polar surface area (TPSA) is 77.5 Å². The molecule has 0 radical (unpaired) electrons. The van der Waals surface area contributed by atoms with Gasteiger partial charge in [-0.05, 0) is 75.5 Å². The first kappa shape index (κ1) is 30.7. The van der Waals surface area contributed by atoms with Crippen molar-refractivity contribution < 1.29 is 23.5 Å². The molecule has 0 bridgehead atoms. The van der Waals surface area contributed by atoms with Crippen molar-refractivity contribution in [1.29, 1.82) is 0 Å². The predicted octanol–water partition coefficient (Wildman–Crippen LogP) is 8.82. The molecular weight excluding hydrogens is 579 g/mol. The van der Waals surface area contributed by atoms with Crippen LogP contribution in [0.3, 0.4) is 0 Å². The number of pyridine rings is 1. The molecule has 0 aliphatic heterocycles. The van der Waals surface area contributed by atoms with E-state index in [1.54, 1.807) is 36.5 Å². The van der Waals surface area contributed by atoms with Gasteiger partial charge in [-0.3, -0.25) is 14.6 Å². The first-order chi connectivity index (χ1) is 21.0. The van der Waals surface area contributed by atoms with Crippen LogP contribution >= 0.6 is 11.6 Å². The van der Waals surface area contributed by atoms with E-state index in [0.29, 0.717) is 11.3 Å². The van der Waals surface area contributed by atoms with Crippen LogP contribution in [0.1, 0.15) is 54.8 Å². The van der Waals surface area contributed by atoms with Gasteiger partial charge in [0.2, 0.25) is 0 Å². The fourth-order valence-corrected chi connectivity index (χ4v) is 4.96. The minimum Gasteiger partial charge on any atom is -0.469 e. The predicted molar refractivity (Wildman–Crippen MR) is 171 cm³/mol. The van der Waals surface area contributed by atoms with Gasteiger partial charge in [0.05, 0.1) is 24.6 Å². The molecule has 1 aromatic heterocycles. The van der Waals surface area contributed by atoms with Crippen LogP contribution in [0.15, 0.2) is 97.2 Å². The lowest BCUT2D eigenvalue weighted by atomic mass is 9.87. The summed E-state index contributed by atoms with van der Waals surface area (Å²) >= 11 is 5.94. The van der Waals surface area contributed by atoms with Gasteiger partial charge in [0.25, 0.3) is 5.91 Å². The van der Waals surface area contributed by atoms with Crippen molar-refractivity contribution >= 4 is 34.2 Å². The summed E-state index contributed by atoms with van der Waals surface area (Å²) in [5.74, 6) is -0.0194. The van der Waals surface area contributed by atoms with Gasteiger partial charge in [0.15, 0.2) is 0 Å². The van der Waals surface area contributed by atoms with Crippen LogP contribution < -0.4 is 10.1 Å². The average molecular weight is 611 g/mol. The number of halogens is 2. The molecule has 0 spiro atoms. The van der Waals surface area contributed by atoms with Crippen molar-refractivity contribution in [2.24, 2.45) is 0 Å². The third-order valence-corrected chi connectivity index (χ3v) is 7.64. The second kappa shape index (κ2) is 12.9. The summed E-state index contributed by atoms with van der Waals surface area (Å²) in [6, 6.07) is 26.4. The molecule has 0 saturated carbocycles. The molecular formula is C36H32ClFN2O4. The average Bonchev–Trinajstić information content (AvgIpc) is 3.01. The Hall–Kier alpha value is -4.75. The number of carbonyl (C=O) groups is 2. The number of hydrogen-bond acceptors (Lipinski definition) is 5. The Bertz CT molecular complexity index is 1820.